The highest BCUT2D eigenvalue weighted by molar-refractivity contribution is 7.89. The SMILES string of the molecule is CCOC(=O)N(CC)S(=O)(=O)c1ccc(CCNC(=O)c2ccccc2OC)cc1. The van der Waals surface area contributed by atoms with E-state index in [0.717, 1.165) is 5.56 Å². The number of hydrogen-bond donors (Lipinski definition) is 1. The lowest BCUT2D eigenvalue weighted by Crippen LogP contribution is -2.37. The summed E-state index contributed by atoms with van der Waals surface area (Å²) in [5, 5.41) is 2.82. The summed E-state index contributed by atoms with van der Waals surface area (Å²) in [6.45, 7) is 3.60. The number of amides is 2. The predicted octanol–water partition coefficient (Wildman–Crippen LogP) is 2.83. The molecule has 0 unspecified atom stereocenters. The van der Waals surface area contributed by atoms with E-state index in [-0.39, 0.29) is 24.0 Å². The van der Waals surface area contributed by atoms with E-state index in [1.54, 1.807) is 50.2 Å². The van der Waals surface area contributed by atoms with E-state index in [1.807, 2.05) is 0 Å². The van der Waals surface area contributed by atoms with E-state index in [2.05, 4.69) is 5.32 Å². The summed E-state index contributed by atoms with van der Waals surface area (Å²) in [4.78, 5) is 24.2. The molecular formula is C21H26N2O6S. The molecule has 0 aliphatic carbocycles. The van der Waals surface area contributed by atoms with Gasteiger partial charge in [-0.1, -0.05) is 24.3 Å². The van der Waals surface area contributed by atoms with Gasteiger partial charge in [0.15, 0.2) is 0 Å². The fraction of sp³-hybridized carbons (Fsp3) is 0.333. The number of sulfonamides is 1. The Morgan fingerprint density at radius 1 is 1.03 bits per heavy atom. The van der Waals surface area contributed by atoms with E-state index in [0.29, 0.717) is 28.6 Å². The molecule has 0 aliphatic rings. The maximum Gasteiger partial charge on any atom is 0.423 e. The number of carbonyl (C=O) groups excluding carboxylic acids is 2. The van der Waals surface area contributed by atoms with Gasteiger partial charge in [0.2, 0.25) is 0 Å². The fourth-order valence-corrected chi connectivity index (χ4v) is 4.12. The Kier molecular flexibility index (Phi) is 8.23. The third kappa shape index (κ3) is 5.50. The molecule has 8 nitrogen and oxygen atoms in total. The Balaban J connectivity index is 2.00. The van der Waals surface area contributed by atoms with Gasteiger partial charge in [-0.25, -0.2) is 17.5 Å². The molecule has 0 saturated carbocycles. The maximum absolute atomic E-state index is 12.7. The summed E-state index contributed by atoms with van der Waals surface area (Å²) < 4.78 is 36.0. The predicted molar refractivity (Wildman–Crippen MR) is 112 cm³/mol. The second-order valence-electron chi connectivity index (χ2n) is 6.22. The quantitative estimate of drug-likeness (QED) is 0.651. The topological polar surface area (TPSA) is 102 Å². The molecule has 0 atom stereocenters. The normalized spacial score (nSPS) is 10.9. The maximum atomic E-state index is 12.7. The van der Waals surface area contributed by atoms with Crippen LogP contribution in [0.3, 0.4) is 0 Å². The number of para-hydroxylation sites is 1. The molecular weight excluding hydrogens is 408 g/mol. The van der Waals surface area contributed by atoms with E-state index >= 15 is 0 Å². The van der Waals surface area contributed by atoms with Crippen molar-refractivity contribution in [2.24, 2.45) is 0 Å². The highest BCUT2D eigenvalue weighted by atomic mass is 32.2. The minimum Gasteiger partial charge on any atom is -0.496 e. The van der Waals surface area contributed by atoms with Crippen LogP contribution < -0.4 is 10.1 Å². The zero-order chi connectivity index (χ0) is 22.1. The molecule has 9 heteroatoms. The summed E-state index contributed by atoms with van der Waals surface area (Å²) in [6.07, 6.45) is -0.389. The van der Waals surface area contributed by atoms with Crippen LogP contribution in [0, 0.1) is 0 Å². The van der Waals surface area contributed by atoms with Crippen LogP contribution in [0.2, 0.25) is 0 Å². The summed E-state index contributed by atoms with van der Waals surface area (Å²) in [5.74, 6) is 0.242. The van der Waals surface area contributed by atoms with E-state index in [9.17, 15) is 18.0 Å². The lowest BCUT2D eigenvalue weighted by molar-refractivity contribution is 0.0951. The number of methoxy groups -OCH3 is 1. The van der Waals surface area contributed by atoms with Crippen LogP contribution in [0.1, 0.15) is 29.8 Å². The molecule has 0 heterocycles. The van der Waals surface area contributed by atoms with Crippen LogP contribution in [0.15, 0.2) is 53.4 Å². The van der Waals surface area contributed by atoms with Crippen molar-refractivity contribution in [3.8, 4) is 5.75 Å². The van der Waals surface area contributed by atoms with Crippen LogP contribution in [0.25, 0.3) is 0 Å². The zero-order valence-electron chi connectivity index (χ0n) is 17.3. The number of nitrogens with one attached hydrogen (secondary N) is 1. The highest BCUT2D eigenvalue weighted by Crippen LogP contribution is 2.18. The molecule has 30 heavy (non-hydrogen) atoms. The fourth-order valence-electron chi connectivity index (χ4n) is 2.80. The first-order valence-corrected chi connectivity index (χ1v) is 11.0. The van der Waals surface area contributed by atoms with Gasteiger partial charge in [0.1, 0.15) is 5.75 Å². The minimum atomic E-state index is -3.99. The summed E-state index contributed by atoms with van der Waals surface area (Å²) >= 11 is 0. The van der Waals surface area contributed by atoms with Crippen LogP contribution in [0.5, 0.6) is 5.75 Å². The number of benzene rings is 2. The first-order chi connectivity index (χ1) is 14.3. The molecule has 0 saturated heterocycles. The van der Waals surface area contributed by atoms with Crippen LogP contribution in [0.4, 0.5) is 4.79 Å². The monoisotopic (exact) mass is 434 g/mol. The molecule has 0 aliphatic heterocycles. The van der Waals surface area contributed by atoms with E-state index in [1.165, 1.54) is 19.2 Å². The standard InChI is InChI=1S/C21H26N2O6S/c1-4-23(21(25)29-5-2)30(26,27)17-12-10-16(11-13-17)14-15-22-20(24)18-8-6-7-9-19(18)28-3/h6-13H,4-5,14-15H2,1-3H3,(H,22,24). The van der Waals surface area contributed by atoms with Gasteiger partial charge in [0, 0.05) is 13.1 Å². The molecule has 1 N–H and O–H groups in total. The van der Waals surface area contributed by atoms with Gasteiger partial charge < -0.3 is 14.8 Å². The van der Waals surface area contributed by atoms with Crippen molar-refractivity contribution in [1.82, 2.24) is 9.62 Å². The van der Waals surface area contributed by atoms with Gasteiger partial charge in [0.25, 0.3) is 15.9 Å². The van der Waals surface area contributed by atoms with Gasteiger partial charge >= 0.3 is 6.09 Å². The Labute approximate surface area is 176 Å². The Morgan fingerprint density at radius 3 is 2.30 bits per heavy atom. The van der Waals surface area contributed by atoms with Crippen molar-refractivity contribution in [2.75, 3.05) is 26.8 Å². The Morgan fingerprint density at radius 2 is 1.70 bits per heavy atom. The number of ether oxygens (including phenoxy) is 2. The number of carbonyl (C=O) groups is 2. The van der Waals surface area contributed by atoms with Crippen LogP contribution >= 0.6 is 0 Å². The molecule has 2 aromatic carbocycles. The molecule has 2 rings (SSSR count). The summed E-state index contributed by atoms with van der Waals surface area (Å²) in [5.41, 5.74) is 1.29. The molecule has 2 amide bonds. The summed E-state index contributed by atoms with van der Waals surface area (Å²) in [7, 11) is -2.49. The first-order valence-electron chi connectivity index (χ1n) is 9.54. The van der Waals surface area contributed by atoms with E-state index in [4.69, 9.17) is 9.47 Å². The third-order valence-corrected chi connectivity index (χ3v) is 6.18. The molecule has 2 aromatic rings. The van der Waals surface area contributed by atoms with Crippen molar-refractivity contribution in [3.63, 3.8) is 0 Å². The van der Waals surface area contributed by atoms with Gasteiger partial charge in [-0.05, 0) is 50.1 Å². The zero-order valence-corrected chi connectivity index (χ0v) is 18.1. The minimum absolute atomic E-state index is 0.000731. The second-order valence-corrected chi connectivity index (χ2v) is 8.08. The average Bonchev–Trinajstić information content (AvgIpc) is 2.74. The van der Waals surface area contributed by atoms with Crippen molar-refractivity contribution >= 4 is 22.0 Å². The smallest absolute Gasteiger partial charge is 0.423 e. The summed E-state index contributed by atoms with van der Waals surface area (Å²) in [6, 6.07) is 13.1. The molecule has 162 valence electrons. The molecule has 0 fully saturated rings. The van der Waals surface area contributed by atoms with Gasteiger partial charge in [0.05, 0.1) is 24.2 Å². The number of nitrogens with zero attached hydrogens (tertiary/aromatic N) is 1. The Bertz CT molecular complexity index is 973. The van der Waals surface area contributed by atoms with Gasteiger partial charge in [-0.3, -0.25) is 4.79 Å². The van der Waals surface area contributed by atoms with Gasteiger partial charge in [-0.15, -0.1) is 0 Å². The largest absolute Gasteiger partial charge is 0.496 e. The Hall–Kier alpha value is -3.07. The number of hydrogen-bond acceptors (Lipinski definition) is 6. The lowest BCUT2D eigenvalue weighted by atomic mass is 10.1. The average molecular weight is 435 g/mol. The van der Waals surface area contributed by atoms with Crippen LogP contribution in [-0.4, -0.2) is 51.5 Å². The third-order valence-electron chi connectivity index (χ3n) is 4.32. The van der Waals surface area contributed by atoms with Crippen molar-refractivity contribution in [1.29, 1.82) is 0 Å². The second kappa shape index (κ2) is 10.6. The molecule has 0 radical (unpaired) electrons. The van der Waals surface area contributed by atoms with Crippen molar-refractivity contribution in [3.05, 3.63) is 59.7 Å². The first kappa shape index (κ1) is 23.2. The number of rotatable bonds is 9. The molecule has 0 aromatic heterocycles. The lowest BCUT2D eigenvalue weighted by Gasteiger charge is -2.20. The van der Waals surface area contributed by atoms with Crippen molar-refractivity contribution in [2.45, 2.75) is 25.2 Å². The van der Waals surface area contributed by atoms with Crippen LogP contribution in [-0.2, 0) is 21.2 Å². The van der Waals surface area contributed by atoms with Gasteiger partial charge in [-0.2, -0.15) is 0 Å². The van der Waals surface area contributed by atoms with Crippen molar-refractivity contribution < 1.29 is 27.5 Å². The highest BCUT2D eigenvalue weighted by Gasteiger charge is 2.28. The molecule has 0 bridgehead atoms. The molecule has 0 spiro atoms. The van der Waals surface area contributed by atoms with E-state index < -0.39 is 16.1 Å².